The molecular formula is C36H32O4S4. The first-order valence-corrected chi connectivity index (χ1v) is 15.1. The second-order valence-electron chi connectivity index (χ2n) is 9.51. The Hall–Kier alpha value is -3.82. The van der Waals surface area contributed by atoms with Crippen LogP contribution in [0.25, 0.3) is 19.6 Å². The van der Waals surface area contributed by atoms with Gasteiger partial charge in [0.1, 0.15) is 11.5 Å². The molecule has 4 aromatic carbocycles. The van der Waals surface area contributed by atoms with E-state index in [1.54, 1.807) is 38.1 Å². The van der Waals surface area contributed by atoms with Crippen LogP contribution in [0.4, 0.5) is 0 Å². The largest absolute Gasteiger partial charge is 0.423 e. The second-order valence-corrected chi connectivity index (χ2v) is 11.3. The summed E-state index contributed by atoms with van der Waals surface area (Å²) in [6, 6.07) is 33.8. The fourth-order valence-corrected chi connectivity index (χ4v) is 4.60. The summed E-state index contributed by atoms with van der Waals surface area (Å²) in [7, 11) is 0. The highest BCUT2D eigenvalue weighted by atomic mass is 32.1. The smallest absolute Gasteiger partial charge is 0.338 e. The average Bonchev–Trinajstić information content (AvgIpc) is 3.05. The summed E-state index contributed by atoms with van der Waals surface area (Å²) in [4.78, 5) is 26.0. The third-order valence-electron chi connectivity index (χ3n) is 5.92. The molecular weight excluding hydrogens is 625 g/mol. The number of hydrogen-bond donors (Lipinski definition) is 4. The summed E-state index contributed by atoms with van der Waals surface area (Å²) in [5, 5.41) is 0. The standard InChI is InChI=1S/2C18H16O2S2/c2*1-12(2)18(19)20-15-10-8-14(9-11-15)17(22)16(21)13-6-4-3-5-7-13/h2*3-11,21-22H,1H2,2H3/b2*17-16-. The number of rotatable bonds is 8. The van der Waals surface area contributed by atoms with Gasteiger partial charge < -0.3 is 9.47 Å². The van der Waals surface area contributed by atoms with Crippen LogP contribution in [0.15, 0.2) is 133 Å². The minimum Gasteiger partial charge on any atom is -0.423 e. The lowest BCUT2D eigenvalue weighted by molar-refractivity contribution is -0.130. The van der Waals surface area contributed by atoms with Crippen molar-refractivity contribution in [2.75, 3.05) is 0 Å². The van der Waals surface area contributed by atoms with Gasteiger partial charge in [-0.15, -0.1) is 50.5 Å². The lowest BCUT2D eigenvalue weighted by Gasteiger charge is -2.08. The molecule has 0 bridgehead atoms. The molecule has 0 aromatic heterocycles. The highest BCUT2D eigenvalue weighted by Gasteiger charge is 2.09. The Morgan fingerprint density at radius 3 is 0.955 bits per heavy atom. The summed E-state index contributed by atoms with van der Waals surface area (Å²) < 4.78 is 10.3. The topological polar surface area (TPSA) is 52.6 Å². The number of carbonyl (C=O) groups excluding carboxylic acids is 2. The Morgan fingerprint density at radius 1 is 0.455 bits per heavy atom. The average molecular weight is 657 g/mol. The van der Waals surface area contributed by atoms with Gasteiger partial charge in [-0.05, 0) is 60.4 Å². The van der Waals surface area contributed by atoms with Crippen LogP contribution >= 0.6 is 50.5 Å². The first-order chi connectivity index (χ1) is 21.0. The highest BCUT2D eigenvalue weighted by Crippen LogP contribution is 2.33. The van der Waals surface area contributed by atoms with Gasteiger partial charge in [0, 0.05) is 30.8 Å². The minimum absolute atomic E-state index is 0.362. The summed E-state index contributed by atoms with van der Waals surface area (Å²) in [5.41, 5.74) is 4.50. The van der Waals surface area contributed by atoms with Gasteiger partial charge in [-0.2, -0.15) is 0 Å². The number of thiol groups is 4. The van der Waals surface area contributed by atoms with Crippen LogP contribution in [-0.2, 0) is 9.59 Å². The Labute approximate surface area is 280 Å². The van der Waals surface area contributed by atoms with Crippen LogP contribution in [0.5, 0.6) is 11.5 Å². The summed E-state index contributed by atoms with van der Waals surface area (Å²) in [6.45, 7) is 10.3. The number of carbonyl (C=O) groups is 2. The Balaban J connectivity index is 0.000000240. The minimum atomic E-state index is -0.437. The van der Waals surface area contributed by atoms with Crippen molar-refractivity contribution in [3.8, 4) is 11.5 Å². The van der Waals surface area contributed by atoms with Crippen LogP contribution in [0, 0.1) is 0 Å². The van der Waals surface area contributed by atoms with Crippen molar-refractivity contribution in [1.29, 1.82) is 0 Å². The van der Waals surface area contributed by atoms with Gasteiger partial charge in [0.2, 0.25) is 0 Å². The zero-order valence-corrected chi connectivity index (χ0v) is 27.8. The van der Waals surface area contributed by atoms with Crippen molar-refractivity contribution >= 4 is 82.1 Å². The van der Waals surface area contributed by atoms with Gasteiger partial charge >= 0.3 is 11.9 Å². The van der Waals surface area contributed by atoms with Crippen molar-refractivity contribution < 1.29 is 19.1 Å². The van der Waals surface area contributed by atoms with Crippen molar-refractivity contribution in [1.82, 2.24) is 0 Å². The fourth-order valence-electron chi connectivity index (χ4n) is 3.49. The molecule has 44 heavy (non-hydrogen) atoms. The first-order valence-electron chi connectivity index (χ1n) is 13.3. The lowest BCUT2D eigenvalue weighted by Crippen LogP contribution is -2.07. The molecule has 0 unspecified atom stereocenters. The van der Waals surface area contributed by atoms with Crippen LogP contribution in [-0.4, -0.2) is 11.9 Å². The molecule has 0 saturated heterocycles. The second kappa shape index (κ2) is 16.9. The molecule has 0 spiro atoms. The third kappa shape index (κ3) is 10.1. The van der Waals surface area contributed by atoms with E-state index in [4.69, 9.17) is 9.47 Å². The summed E-state index contributed by atoms with van der Waals surface area (Å²) in [5.74, 6) is 0.0683. The predicted octanol–water partition coefficient (Wildman–Crippen LogP) is 9.71. The molecule has 8 heteroatoms. The van der Waals surface area contributed by atoms with E-state index in [9.17, 15) is 9.59 Å². The monoisotopic (exact) mass is 656 g/mol. The number of benzene rings is 4. The van der Waals surface area contributed by atoms with Gasteiger partial charge in [-0.25, -0.2) is 9.59 Å². The van der Waals surface area contributed by atoms with Crippen LogP contribution < -0.4 is 9.47 Å². The molecule has 0 aliphatic heterocycles. The highest BCUT2D eigenvalue weighted by molar-refractivity contribution is 7.97. The van der Waals surface area contributed by atoms with Gasteiger partial charge in [0.15, 0.2) is 0 Å². The van der Waals surface area contributed by atoms with E-state index >= 15 is 0 Å². The molecule has 0 radical (unpaired) electrons. The van der Waals surface area contributed by atoms with E-state index in [1.807, 2.05) is 84.9 Å². The number of hydrogen-bond acceptors (Lipinski definition) is 8. The van der Waals surface area contributed by atoms with Crippen molar-refractivity contribution in [3.63, 3.8) is 0 Å². The van der Waals surface area contributed by atoms with Gasteiger partial charge in [-0.1, -0.05) is 98.1 Å². The van der Waals surface area contributed by atoms with E-state index in [0.29, 0.717) is 22.6 Å². The van der Waals surface area contributed by atoms with Crippen molar-refractivity contribution in [2.24, 2.45) is 0 Å². The summed E-state index contributed by atoms with van der Waals surface area (Å²) in [6.07, 6.45) is 0. The van der Waals surface area contributed by atoms with Crippen molar-refractivity contribution in [2.45, 2.75) is 13.8 Å². The Bertz CT molecular complexity index is 1560. The molecule has 4 rings (SSSR count). The van der Waals surface area contributed by atoms with Crippen molar-refractivity contribution in [3.05, 3.63) is 156 Å². The zero-order chi connectivity index (χ0) is 32.2. The molecule has 0 N–H and O–H groups in total. The van der Waals surface area contributed by atoms with E-state index in [0.717, 1.165) is 41.9 Å². The van der Waals surface area contributed by atoms with E-state index in [1.165, 1.54) is 0 Å². The maximum Gasteiger partial charge on any atom is 0.338 e. The quantitative estimate of drug-likeness (QED) is 0.0502. The Morgan fingerprint density at radius 2 is 0.705 bits per heavy atom. The maximum absolute atomic E-state index is 11.5. The van der Waals surface area contributed by atoms with E-state index < -0.39 is 11.9 Å². The third-order valence-corrected chi connectivity index (χ3v) is 8.20. The first kappa shape index (κ1) is 34.7. The predicted molar refractivity (Wildman–Crippen MR) is 196 cm³/mol. The molecule has 224 valence electrons. The molecule has 4 nitrogen and oxygen atoms in total. The Kier molecular flexibility index (Phi) is 13.3. The summed E-state index contributed by atoms with van der Waals surface area (Å²) >= 11 is 18.2. The van der Waals surface area contributed by atoms with Crippen LogP contribution in [0.1, 0.15) is 36.1 Å². The van der Waals surface area contributed by atoms with E-state index in [2.05, 4.69) is 63.7 Å². The fraction of sp³-hybridized carbons (Fsp3) is 0.0556. The zero-order valence-electron chi connectivity index (χ0n) is 24.2. The van der Waals surface area contributed by atoms with Gasteiger partial charge in [-0.3, -0.25) is 0 Å². The molecule has 0 amide bonds. The number of ether oxygens (including phenoxy) is 2. The molecule has 0 fully saturated rings. The molecule has 0 atom stereocenters. The van der Waals surface area contributed by atoms with E-state index in [-0.39, 0.29) is 0 Å². The van der Waals surface area contributed by atoms with Crippen LogP contribution in [0.3, 0.4) is 0 Å². The lowest BCUT2D eigenvalue weighted by atomic mass is 10.1. The molecule has 0 saturated carbocycles. The molecule has 4 aromatic rings. The number of esters is 2. The molecule has 0 aliphatic rings. The maximum atomic E-state index is 11.5. The normalized spacial score (nSPS) is 11.6. The van der Waals surface area contributed by atoms with Crippen LogP contribution in [0.2, 0.25) is 0 Å². The SMILES string of the molecule is C=C(C)C(=O)Oc1ccc(/C(S)=C(/S)c2ccccc2)cc1.C=C(C)C(=O)Oc1ccc(/C(S)=C(/S)c2ccccc2)cc1. The van der Waals surface area contributed by atoms with Gasteiger partial charge in [0.05, 0.1) is 0 Å². The van der Waals surface area contributed by atoms with Gasteiger partial charge in [0.25, 0.3) is 0 Å². The molecule has 0 heterocycles. The molecule has 0 aliphatic carbocycles.